The number of thioether (sulfide) groups is 1. The van der Waals surface area contributed by atoms with Crippen LogP contribution in [0.3, 0.4) is 0 Å². The molecule has 1 atom stereocenters. The Morgan fingerprint density at radius 3 is 2.22 bits per heavy atom. The monoisotopic (exact) mass is 287 g/mol. The summed E-state index contributed by atoms with van der Waals surface area (Å²) in [6.45, 7) is 12.4. The molecule has 0 aromatic heterocycles. The van der Waals surface area contributed by atoms with E-state index in [2.05, 4.69) is 52.2 Å². The van der Waals surface area contributed by atoms with E-state index in [0.29, 0.717) is 17.6 Å². The van der Waals surface area contributed by atoms with Crippen LogP contribution in [-0.4, -0.2) is 24.0 Å². The van der Waals surface area contributed by atoms with Crippen LogP contribution < -0.4 is 5.32 Å². The van der Waals surface area contributed by atoms with E-state index in [1.807, 2.05) is 6.08 Å². The van der Waals surface area contributed by atoms with Gasteiger partial charge in [-0.3, -0.25) is 4.79 Å². The first-order valence-corrected chi connectivity index (χ1v) is 7.68. The molecule has 0 fully saturated rings. The largest absolute Gasteiger partial charge is 0.309 e. The second-order valence-electron chi connectivity index (χ2n) is 4.88. The molecular weight excluding hydrogens is 262 g/mol. The van der Waals surface area contributed by atoms with E-state index in [1.54, 1.807) is 7.05 Å². The average Bonchev–Trinajstić information content (AvgIpc) is 2.29. The molecule has 0 saturated carbocycles. The van der Waals surface area contributed by atoms with Crippen molar-refractivity contribution in [3.63, 3.8) is 0 Å². The fraction of sp³-hybridized carbons (Fsp3) is 0.643. The van der Waals surface area contributed by atoms with Crippen LogP contribution in [0.1, 0.15) is 27.7 Å². The lowest BCUT2D eigenvalue weighted by Gasteiger charge is -2.16. The summed E-state index contributed by atoms with van der Waals surface area (Å²) >= 11 is 5.48. The fourth-order valence-corrected chi connectivity index (χ4v) is 2.63. The first kappa shape index (κ1) is 17.8. The maximum absolute atomic E-state index is 12.1. The summed E-state index contributed by atoms with van der Waals surface area (Å²) in [5.74, 6) is 1.24. The SMILES string of the molecule is C=C(/C=C(/SC(=O)[C@H](CS)NC)C(C)C)C(C)C. The molecular formula is C14H25NOS2. The molecule has 4 heteroatoms. The zero-order valence-corrected chi connectivity index (χ0v) is 13.7. The minimum Gasteiger partial charge on any atom is -0.309 e. The van der Waals surface area contributed by atoms with Crippen LogP contribution in [0, 0.1) is 11.8 Å². The van der Waals surface area contributed by atoms with E-state index in [4.69, 9.17) is 0 Å². The van der Waals surface area contributed by atoms with Gasteiger partial charge in [-0.15, -0.1) is 0 Å². The fourth-order valence-electron chi connectivity index (χ4n) is 1.13. The van der Waals surface area contributed by atoms with Crippen LogP contribution in [-0.2, 0) is 4.79 Å². The molecule has 2 nitrogen and oxygen atoms in total. The van der Waals surface area contributed by atoms with Crippen molar-refractivity contribution in [3.8, 4) is 0 Å². The van der Waals surface area contributed by atoms with Gasteiger partial charge in [0.15, 0.2) is 0 Å². The topological polar surface area (TPSA) is 29.1 Å². The van der Waals surface area contributed by atoms with E-state index < -0.39 is 0 Å². The molecule has 0 aromatic rings. The van der Waals surface area contributed by atoms with Crippen LogP contribution in [0.25, 0.3) is 0 Å². The summed E-state index contributed by atoms with van der Waals surface area (Å²) in [5, 5.41) is 3.09. The van der Waals surface area contributed by atoms with Gasteiger partial charge in [0, 0.05) is 5.75 Å². The number of nitrogens with one attached hydrogen (secondary N) is 1. The summed E-state index contributed by atoms with van der Waals surface area (Å²) < 4.78 is 0. The highest BCUT2D eigenvalue weighted by Crippen LogP contribution is 2.28. The third-order valence-electron chi connectivity index (χ3n) is 2.67. The Labute approximate surface area is 121 Å². The highest BCUT2D eigenvalue weighted by molar-refractivity contribution is 8.17. The van der Waals surface area contributed by atoms with Crippen molar-refractivity contribution < 1.29 is 4.79 Å². The zero-order chi connectivity index (χ0) is 14.3. The predicted molar refractivity (Wildman–Crippen MR) is 86.2 cm³/mol. The molecule has 0 spiro atoms. The van der Waals surface area contributed by atoms with Gasteiger partial charge in [-0.1, -0.05) is 51.6 Å². The van der Waals surface area contributed by atoms with E-state index in [1.165, 1.54) is 11.8 Å². The third kappa shape index (κ3) is 6.12. The Hall–Kier alpha value is -0.190. The molecule has 0 aromatic carbocycles. The normalized spacial score (nSPS) is 14.1. The highest BCUT2D eigenvalue weighted by Gasteiger charge is 2.18. The van der Waals surface area contributed by atoms with Crippen LogP contribution in [0.2, 0.25) is 0 Å². The van der Waals surface area contributed by atoms with Crippen molar-refractivity contribution in [3.05, 3.63) is 23.1 Å². The molecule has 0 aliphatic carbocycles. The molecule has 0 unspecified atom stereocenters. The maximum atomic E-state index is 12.1. The van der Waals surface area contributed by atoms with Gasteiger partial charge in [0.1, 0.15) is 0 Å². The predicted octanol–water partition coefficient (Wildman–Crippen LogP) is 3.52. The molecule has 104 valence electrons. The Morgan fingerprint density at radius 2 is 1.89 bits per heavy atom. The number of allylic oxidation sites excluding steroid dienone is 3. The number of rotatable bonds is 7. The van der Waals surface area contributed by atoms with Gasteiger partial charge in [0.25, 0.3) is 0 Å². The standard InChI is InChI=1S/C14H25NOS2/c1-9(2)11(5)7-13(10(3)4)18-14(16)12(8-17)15-6/h7,9-10,12,15,17H,5,8H2,1-4,6H3/b13-7+/t12-/m0/s1. The third-order valence-corrected chi connectivity index (χ3v) is 4.35. The molecule has 0 bridgehead atoms. The number of thiol groups is 1. The number of carbonyl (C=O) groups is 1. The Morgan fingerprint density at radius 1 is 1.33 bits per heavy atom. The van der Waals surface area contributed by atoms with Crippen LogP contribution in [0.15, 0.2) is 23.1 Å². The van der Waals surface area contributed by atoms with Crippen molar-refractivity contribution in [1.82, 2.24) is 5.32 Å². The summed E-state index contributed by atoms with van der Waals surface area (Å²) in [7, 11) is 1.78. The second-order valence-corrected chi connectivity index (χ2v) is 6.32. The Kier molecular flexibility index (Phi) is 8.74. The van der Waals surface area contributed by atoms with Gasteiger partial charge in [0.2, 0.25) is 5.12 Å². The van der Waals surface area contributed by atoms with Crippen molar-refractivity contribution in [2.75, 3.05) is 12.8 Å². The summed E-state index contributed by atoms with van der Waals surface area (Å²) in [6, 6.07) is -0.201. The quantitative estimate of drug-likeness (QED) is 0.554. The number of carbonyl (C=O) groups excluding carboxylic acids is 1. The van der Waals surface area contributed by atoms with Crippen molar-refractivity contribution >= 4 is 29.5 Å². The first-order chi connectivity index (χ1) is 8.33. The van der Waals surface area contributed by atoms with Crippen molar-refractivity contribution in [2.45, 2.75) is 33.7 Å². The molecule has 0 saturated heterocycles. The van der Waals surface area contributed by atoms with E-state index in [9.17, 15) is 4.79 Å². The number of hydrogen-bond acceptors (Lipinski definition) is 4. The number of likely N-dealkylation sites (N-methyl/N-ethyl adjacent to an activating group) is 1. The maximum Gasteiger partial charge on any atom is 0.211 e. The van der Waals surface area contributed by atoms with Gasteiger partial charge < -0.3 is 5.32 Å². The lowest BCUT2D eigenvalue weighted by Crippen LogP contribution is -2.34. The minimum absolute atomic E-state index is 0.115. The van der Waals surface area contributed by atoms with Gasteiger partial charge in [0.05, 0.1) is 6.04 Å². The molecule has 0 rings (SSSR count). The van der Waals surface area contributed by atoms with Crippen LogP contribution in [0.5, 0.6) is 0 Å². The first-order valence-electron chi connectivity index (χ1n) is 6.23. The van der Waals surface area contributed by atoms with Crippen molar-refractivity contribution in [1.29, 1.82) is 0 Å². The second kappa shape index (κ2) is 8.83. The molecule has 18 heavy (non-hydrogen) atoms. The van der Waals surface area contributed by atoms with E-state index in [-0.39, 0.29) is 11.2 Å². The van der Waals surface area contributed by atoms with Gasteiger partial charge in [-0.05, 0) is 29.9 Å². The molecule has 1 N–H and O–H groups in total. The molecule has 0 aliphatic rings. The van der Waals surface area contributed by atoms with Gasteiger partial charge >= 0.3 is 0 Å². The zero-order valence-electron chi connectivity index (χ0n) is 12.0. The molecule has 0 radical (unpaired) electrons. The van der Waals surface area contributed by atoms with Crippen LogP contribution >= 0.6 is 24.4 Å². The Balaban J connectivity index is 4.84. The van der Waals surface area contributed by atoms with E-state index >= 15 is 0 Å². The van der Waals surface area contributed by atoms with E-state index in [0.717, 1.165) is 10.5 Å². The average molecular weight is 287 g/mol. The summed E-state index contributed by atoms with van der Waals surface area (Å²) in [6.07, 6.45) is 2.04. The van der Waals surface area contributed by atoms with Gasteiger partial charge in [-0.25, -0.2) is 0 Å². The van der Waals surface area contributed by atoms with Crippen LogP contribution in [0.4, 0.5) is 0 Å². The van der Waals surface area contributed by atoms with Crippen molar-refractivity contribution in [2.24, 2.45) is 11.8 Å². The summed E-state index contributed by atoms with van der Waals surface area (Å²) in [4.78, 5) is 13.1. The molecule has 0 heterocycles. The molecule has 0 aliphatic heterocycles. The number of hydrogen-bond donors (Lipinski definition) is 2. The molecule has 0 amide bonds. The Bertz CT molecular complexity index is 318. The lowest BCUT2D eigenvalue weighted by molar-refractivity contribution is -0.112. The lowest BCUT2D eigenvalue weighted by atomic mass is 10.0. The highest BCUT2D eigenvalue weighted by atomic mass is 32.2. The van der Waals surface area contributed by atoms with Gasteiger partial charge in [-0.2, -0.15) is 12.6 Å². The smallest absolute Gasteiger partial charge is 0.211 e. The minimum atomic E-state index is -0.201. The summed E-state index contributed by atoms with van der Waals surface area (Å²) in [5.41, 5.74) is 1.06.